The van der Waals surface area contributed by atoms with E-state index in [9.17, 15) is 20.4 Å². The van der Waals surface area contributed by atoms with Gasteiger partial charge in [-0.3, -0.25) is 9.80 Å². The summed E-state index contributed by atoms with van der Waals surface area (Å²) in [6, 6.07) is 62.0. The van der Waals surface area contributed by atoms with Crippen LogP contribution in [0.15, 0.2) is 218 Å². The van der Waals surface area contributed by atoms with E-state index in [0.717, 1.165) is 45.4 Å². The first-order chi connectivity index (χ1) is 36.4. The van der Waals surface area contributed by atoms with E-state index < -0.39 is 21.7 Å². The zero-order chi connectivity index (χ0) is 50.1. The van der Waals surface area contributed by atoms with Crippen LogP contribution in [-0.4, -0.2) is 80.8 Å². The summed E-state index contributed by atoms with van der Waals surface area (Å²) in [5.41, 5.74) is -0.334. The van der Waals surface area contributed by atoms with Crippen molar-refractivity contribution < 1.29 is 39.4 Å². The number of aliphatic hydroxyl groups excluding tert-OH is 4. The minimum absolute atomic E-state index is 0.0834. The van der Waals surface area contributed by atoms with Gasteiger partial charge in [-0.05, 0) is 132 Å². The number of hydrogen-bond donors (Lipinski definition) is 4. The molecule has 4 aliphatic heterocycles. The van der Waals surface area contributed by atoms with Crippen LogP contribution in [0.25, 0.3) is 0 Å². The van der Waals surface area contributed by atoms with Crippen LogP contribution in [0.3, 0.4) is 0 Å². The molecule has 0 amide bonds. The van der Waals surface area contributed by atoms with Crippen LogP contribution in [0.1, 0.15) is 29.0 Å². The molecule has 7 aromatic rings. The van der Waals surface area contributed by atoms with Crippen molar-refractivity contribution in [1.82, 2.24) is 9.80 Å². The Hall–Kier alpha value is -7.02. The molecule has 0 spiro atoms. The maximum Gasteiger partial charge on any atom is 0.127 e. The van der Waals surface area contributed by atoms with Gasteiger partial charge in [-0.15, -0.1) is 0 Å². The number of hydrogen-bond acceptors (Lipinski definition) is 10. The van der Waals surface area contributed by atoms with Crippen LogP contribution < -0.4 is 18.9 Å². The van der Waals surface area contributed by atoms with Crippen LogP contribution in [0, 0.1) is 33.5 Å². The first-order valence-electron chi connectivity index (χ1n) is 25.9. The Labute approximate surface area is 432 Å². The van der Waals surface area contributed by atoms with Crippen LogP contribution in [0.2, 0.25) is 0 Å². The number of allylic oxidation sites excluding steroid dienone is 3. The van der Waals surface area contributed by atoms with E-state index in [0.29, 0.717) is 36.8 Å². The zero-order valence-electron chi connectivity index (χ0n) is 41.0. The summed E-state index contributed by atoms with van der Waals surface area (Å²) in [6.07, 6.45) is 7.08. The fraction of sp³-hybridized carbons (Fsp3) is 0.281. The maximum absolute atomic E-state index is 12.7. The van der Waals surface area contributed by atoms with Crippen LogP contribution in [-0.2, 0) is 13.1 Å². The molecule has 7 aromatic carbocycles. The highest BCUT2D eigenvalue weighted by molar-refractivity contribution is 5.56. The molecule has 3 aliphatic carbocycles. The Morgan fingerprint density at radius 2 is 0.730 bits per heavy atom. The van der Waals surface area contributed by atoms with Crippen LogP contribution in [0.4, 0.5) is 0 Å². The van der Waals surface area contributed by atoms with Gasteiger partial charge in [-0.2, -0.15) is 0 Å². The molecule has 0 radical (unpaired) electrons. The first kappa shape index (κ1) is 46.7. The van der Waals surface area contributed by atoms with Gasteiger partial charge in [0.1, 0.15) is 46.0 Å². The molecule has 0 aromatic heterocycles. The van der Waals surface area contributed by atoms with Crippen LogP contribution >= 0.6 is 0 Å². The largest absolute Gasteiger partial charge is 0.458 e. The quantitative estimate of drug-likeness (QED) is 0.0661. The topological polar surface area (TPSA) is 124 Å². The molecule has 14 rings (SSSR count). The standard InChI is InChI=1S/C64H60N2O8/c67-39-61-55(45-25-33-53(34-26-45)73-49-17-9-3-10-18-49)62(40-68)58-64(42-70)56(46-27-35-54(36-28-46)74-50-19-11-4-12-20-50)63(41-69,57(61)65(58)37-43-21-29-51(30-22-43)71-47-13-5-1-6-14-47)59(61)66(60(62)64)38-44-23-31-52(32-24-44)72-48-15-7-2-8-16-48/h1-27,29-36,46,55-60,67-70H,28,37-42H2. The molecule has 2 saturated carbocycles. The highest BCUT2D eigenvalue weighted by Gasteiger charge is 2.99. The van der Waals surface area contributed by atoms with E-state index in [2.05, 4.69) is 64.4 Å². The highest BCUT2D eigenvalue weighted by atomic mass is 16.5. The van der Waals surface area contributed by atoms with Gasteiger partial charge < -0.3 is 39.4 Å². The van der Waals surface area contributed by atoms with Gasteiger partial charge in [0.25, 0.3) is 0 Å². The Balaban J connectivity index is 0.945. The lowest BCUT2D eigenvalue weighted by Crippen LogP contribution is -3.08. The maximum atomic E-state index is 12.7. The number of benzene rings is 7. The van der Waals surface area contributed by atoms with Gasteiger partial charge >= 0.3 is 0 Å². The monoisotopic (exact) mass is 984 g/mol. The molecule has 4 N–H and O–H groups in total. The molecule has 8 bridgehead atoms. The van der Waals surface area contributed by atoms with E-state index in [1.165, 1.54) is 0 Å². The minimum atomic E-state index is -0.872. The van der Waals surface area contributed by atoms with Crippen molar-refractivity contribution in [3.05, 3.63) is 235 Å². The first-order valence-corrected chi connectivity index (χ1v) is 25.9. The number of piperidine rings is 4. The molecule has 10 nitrogen and oxygen atoms in total. The van der Waals surface area contributed by atoms with Crippen molar-refractivity contribution in [2.75, 3.05) is 26.4 Å². The molecule has 4 heterocycles. The lowest BCUT2D eigenvalue weighted by molar-refractivity contribution is -0.508. The summed E-state index contributed by atoms with van der Waals surface area (Å²) >= 11 is 0. The fourth-order valence-electron chi connectivity index (χ4n) is 16.3. The SMILES string of the molecule is OCC12C(c3ccc(Oc4ccccc4)cc3)C3(CO)C4N(Cc5ccc(Oc6ccccc6)cc5)C1C1(CO)C(C5C=CC(Oc6ccccc6)=CC5)C4(CO)C3N(Cc3ccc(Oc4ccccc4)cc3)C21. The van der Waals surface area contributed by atoms with Gasteiger partial charge in [0.05, 0.1) is 26.4 Å². The van der Waals surface area contributed by atoms with E-state index in [-0.39, 0.29) is 68.3 Å². The average Bonchev–Trinajstić information content (AvgIpc) is 3.34. The van der Waals surface area contributed by atoms with Crippen molar-refractivity contribution in [2.45, 2.75) is 49.6 Å². The van der Waals surface area contributed by atoms with Crippen molar-refractivity contribution in [2.24, 2.45) is 33.5 Å². The predicted octanol–water partition coefficient (Wildman–Crippen LogP) is 10.8. The molecule has 74 heavy (non-hydrogen) atoms. The zero-order valence-corrected chi connectivity index (χ0v) is 41.0. The summed E-state index contributed by atoms with van der Waals surface area (Å²) in [4.78, 5) is 5.02. The van der Waals surface area contributed by atoms with Gasteiger partial charge in [0, 0.05) is 64.8 Å². The molecular weight excluding hydrogens is 925 g/mol. The van der Waals surface area contributed by atoms with E-state index in [4.69, 9.17) is 18.9 Å². The number of para-hydroxylation sites is 4. The molecule has 4 saturated heterocycles. The van der Waals surface area contributed by atoms with E-state index >= 15 is 0 Å². The third-order valence-corrected chi connectivity index (χ3v) is 18.0. The molecule has 5 atom stereocenters. The van der Waals surface area contributed by atoms with Crippen molar-refractivity contribution in [3.63, 3.8) is 0 Å². The second kappa shape index (κ2) is 18.4. The van der Waals surface area contributed by atoms with Crippen molar-refractivity contribution in [1.29, 1.82) is 0 Å². The number of ether oxygens (including phenoxy) is 4. The lowest BCUT2D eigenvalue weighted by Gasteiger charge is -2.99. The van der Waals surface area contributed by atoms with Gasteiger partial charge in [-0.25, -0.2) is 0 Å². The number of nitrogens with zero attached hydrogens (tertiary/aromatic N) is 2. The molecule has 10 heteroatoms. The smallest absolute Gasteiger partial charge is 0.127 e. The summed E-state index contributed by atoms with van der Waals surface area (Å²) in [5, 5.41) is 50.8. The van der Waals surface area contributed by atoms with Crippen molar-refractivity contribution in [3.8, 4) is 40.2 Å². The molecule has 374 valence electrons. The van der Waals surface area contributed by atoms with Crippen LogP contribution in [0.5, 0.6) is 40.2 Å². The summed E-state index contributed by atoms with van der Waals surface area (Å²) in [5.74, 6) is 5.19. The Morgan fingerprint density at radius 3 is 1.07 bits per heavy atom. The molecule has 7 aliphatic rings. The van der Waals surface area contributed by atoms with E-state index in [1.807, 2.05) is 158 Å². The Morgan fingerprint density at radius 1 is 0.392 bits per heavy atom. The highest BCUT2D eigenvalue weighted by Crippen LogP contribution is 2.91. The lowest BCUT2D eigenvalue weighted by atomic mass is 9.15. The minimum Gasteiger partial charge on any atom is -0.458 e. The number of aliphatic hydroxyl groups is 4. The summed E-state index contributed by atoms with van der Waals surface area (Å²) in [7, 11) is 0. The van der Waals surface area contributed by atoms with Crippen molar-refractivity contribution >= 4 is 0 Å². The van der Waals surface area contributed by atoms with Gasteiger partial charge in [0.2, 0.25) is 0 Å². The third kappa shape index (κ3) is 6.86. The molecule has 5 unspecified atom stereocenters. The normalized spacial score (nSPS) is 31.0. The molecule has 6 fully saturated rings. The predicted molar refractivity (Wildman–Crippen MR) is 282 cm³/mol. The number of rotatable bonds is 18. The average molecular weight is 985 g/mol. The van der Waals surface area contributed by atoms with Gasteiger partial charge in [0.15, 0.2) is 0 Å². The van der Waals surface area contributed by atoms with Gasteiger partial charge in [-0.1, -0.05) is 115 Å². The third-order valence-electron chi connectivity index (χ3n) is 18.0. The Kier molecular flexibility index (Phi) is 11.6. The van der Waals surface area contributed by atoms with E-state index in [1.54, 1.807) is 0 Å². The summed E-state index contributed by atoms with van der Waals surface area (Å²) in [6.45, 7) is 0.256. The molecular formula is C64H60N2O8. The second-order valence-corrected chi connectivity index (χ2v) is 21.3. The fourth-order valence-corrected chi connectivity index (χ4v) is 16.3. The second-order valence-electron chi connectivity index (χ2n) is 21.3. The summed E-state index contributed by atoms with van der Waals surface area (Å²) < 4.78 is 25.1. The Bertz CT molecular complexity index is 2990.